The molecule has 1 saturated carbocycles. The molecule has 0 spiro atoms. The molecule has 0 heterocycles. The van der Waals surface area contributed by atoms with Crippen LogP contribution in [0.25, 0.3) is 0 Å². The molecule has 1 aliphatic carbocycles. The molecule has 0 saturated heterocycles. The predicted octanol–water partition coefficient (Wildman–Crippen LogP) is 3.62. The maximum Gasteiger partial charge on any atom is 0.330 e. The Hall–Kier alpha value is -0.790. The van der Waals surface area contributed by atoms with Gasteiger partial charge in [-0.05, 0) is 31.1 Å². The van der Waals surface area contributed by atoms with Crippen LogP contribution in [-0.4, -0.2) is 11.1 Å². The van der Waals surface area contributed by atoms with Crippen molar-refractivity contribution in [3.63, 3.8) is 0 Å². The standard InChI is InChI=1S/C13H22O2/c1-10-5-3-7-12(9-10)8-4-6-11(2)13(14)15/h10,12H,2-9H2,1H3,(H,14,15). The first-order valence-corrected chi connectivity index (χ1v) is 6.00. The van der Waals surface area contributed by atoms with E-state index in [1.165, 1.54) is 32.1 Å². The average molecular weight is 210 g/mol. The van der Waals surface area contributed by atoms with Crippen LogP contribution in [0.4, 0.5) is 0 Å². The molecule has 0 aliphatic heterocycles. The molecule has 1 rings (SSSR count). The van der Waals surface area contributed by atoms with E-state index in [0.29, 0.717) is 12.0 Å². The molecule has 1 aliphatic rings. The fourth-order valence-corrected chi connectivity index (χ4v) is 2.53. The van der Waals surface area contributed by atoms with E-state index in [2.05, 4.69) is 13.5 Å². The molecule has 1 fully saturated rings. The Kier molecular flexibility index (Phi) is 4.86. The second kappa shape index (κ2) is 5.94. The summed E-state index contributed by atoms with van der Waals surface area (Å²) < 4.78 is 0. The molecule has 0 aromatic heterocycles. The quantitative estimate of drug-likeness (QED) is 0.704. The Morgan fingerprint density at radius 2 is 2.20 bits per heavy atom. The second-order valence-corrected chi connectivity index (χ2v) is 4.94. The fraction of sp³-hybridized carbons (Fsp3) is 0.769. The molecule has 2 atom stereocenters. The van der Waals surface area contributed by atoms with Crippen molar-refractivity contribution >= 4 is 5.97 Å². The maximum absolute atomic E-state index is 10.5. The van der Waals surface area contributed by atoms with E-state index in [4.69, 9.17) is 5.11 Å². The highest BCUT2D eigenvalue weighted by atomic mass is 16.4. The molecular weight excluding hydrogens is 188 g/mol. The number of carboxylic acids is 1. The van der Waals surface area contributed by atoms with Crippen LogP contribution in [0.2, 0.25) is 0 Å². The third kappa shape index (κ3) is 4.50. The van der Waals surface area contributed by atoms with Gasteiger partial charge in [0.25, 0.3) is 0 Å². The highest BCUT2D eigenvalue weighted by Gasteiger charge is 2.18. The van der Waals surface area contributed by atoms with Crippen LogP contribution in [0.15, 0.2) is 12.2 Å². The molecular formula is C13H22O2. The van der Waals surface area contributed by atoms with Gasteiger partial charge in [-0.15, -0.1) is 0 Å². The third-order valence-corrected chi connectivity index (χ3v) is 3.44. The Labute approximate surface area is 92.4 Å². The van der Waals surface area contributed by atoms with E-state index in [1.807, 2.05) is 0 Å². The highest BCUT2D eigenvalue weighted by Crippen LogP contribution is 2.31. The molecule has 86 valence electrons. The Morgan fingerprint density at radius 3 is 2.80 bits per heavy atom. The molecule has 2 heteroatoms. The summed E-state index contributed by atoms with van der Waals surface area (Å²) in [6.07, 6.45) is 8.22. The second-order valence-electron chi connectivity index (χ2n) is 4.94. The first-order valence-electron chi connectivity index (χ1n) is 6.00. The van der Waals surface area contributed by atoms with Crippen molar-refractivity contribution in [1.82, 2.24) is 0 Å². The Balaban J connectivity index is 2.14. The van der Waals surface area contributed by atoms with Gasteiger partial charge in [0.1, 0.15) is 0 Å². The van der Waals surface area contributed by atoms with Crippen LogP contribution in [0.3, 0.4) is 0 Å². The molecule has 2 nitrogen and oxygen atoms in total. The van der Waals surface area contributed by atoms with Gasteiger partial charge in [-0.2, -0.15) is 0 Å². The zero-order valence-electron chi connectivity index (χ0n) is 9.67. The number of carboxylic acid groups (broad SMARTS) is 1. The average Bonchev–Trinajstić information content (AvgIpc) is 2.17. The van der Waals surface area contributed by atoms with Crippen LogP contribution in [0.5, 0.6) is 0 Å². The van der Waals surface area contributed by atoms with Crippen LogP contribution in [0, 0.1) is 11.8 Å². The number of carbonyl (C=O) groups is 1. The predicted molar refractivity (Wildman–Crippen MR) is 61.7 cm³/mol. The highest BCUT2D eigenvalue weighted by molar-refractivity contribution is 5.85. The maximum atomic E-state index is 10.5. The van der Waals surface area contributed by atoms with Crippen molar-refractivity contribution in [2.75, 3.05) is 0 Å². The van der Waals surface area contributed by atoms with Gasteiger partial charge in [-0.1, -0.05) is 39.2 Å². The van der Waals surface area contributed by atoms with Crippen molar-refractivity contribution in [3.8, 4) is 0 Å². The summed E-state index contributed by atoms with van der Waals surface area (Å²) in [5, 5.41) is 8.66. The Bertz CT molecular complexity index is 233. The molecule has 2 unspecified atom stereocenters. The molecule has 1 N–H and O–H groups in total. The van der Waals surface area contributed by atoms with Crippen LogP contribution < -0.4 is 0 Å². The van der Waals surface area contributed by atoms with E-state index >= 15 is 0 Å². The van der Waals surface area contributed by atoms with Gasteiger partial charge in [0.15, 0.2) is 0 Å². The monoisotopic (exact) mass is 210 g/mol. The first-order chi connectivity index (χ1) is 7.09. The molecule has 0 bridgehead atoms. The lowest BCUT2D eigenvalue weighted by atomic mass is 9.80. The van der Waals surface area contributed by atoms with Crippen molar-refractivity contribution in [2.45, 2.75) is 51.9 Å². The van der Waals surface area contributed by atoms with Crippen molar-refractivity contribution in [1.29, 1.82) is 0 Å². The van der Waals surface area contributed by atoms with E-state index in [0.717, 1.165) is 18.3 Å². The normalized spacial score (nSPS) is 26.2. The SMILES string of the molecule is C=C(CCCC1CCCC(C)C1)C(=O)O. The largest absolute Gasteiger partial charge is 0.478 e. The van der Waals surface area contributed by atoms with Gasteiger partial charge in [0, 0.05) is 5.57 Å². The van der Waals surface area contributed by atoms with Gasteiger partial charge in [-0.3, -0.25) is 0 Å². The zero-order chi connectivity index (χ0) is 11.3. The van der Waals surface area contributed by atoms with Crippen molar-refractivity contribution in [3.05, 3.63) is 12.2 Å². The minimum Gasteiger partial charge on any atom is -0.478 e. The van der Waals surface area contributed by atoms with Crippen molar-refractivity contribution in [2.24, 2.45) is 11.8 Å². The summed E-state index contributed by atoms with van der Waals surface area (Å²) in [5.41, 5.74) is 0.360. The summed E-state index contributed by atoms with van der Waals surface area (Å²) >= 11 is 0. The van der Waals surface area contributed by atoms with Gasteiger partial charge in [0.05, 0.1) is 0 Å². The summed E-state index contributed by atoms with van der Waals surface area (Å²) in [4.78, 5) is 10.5. The van der Waals surface area contributed by atoms with E-state index in [1.54, 1.807) is 0 Å². The van der Waals surface area contributed by atoms with E-state index in [-0.39, 0.29) is 0 Å². The number of rotatable bonds is 5. The molecule has 0 amide bonds. The number of aliphatic carboxylic acids is 1. The summed E-state index contributed by atoms with van der Waals surface area (Å²) in [7, 11) is 0. The topological polar surface area (TPSA) is 37.3 Å². The van der Waals surface area contributed by atoms with E-state index < -0.39 is 5.97 Å². The minimum absolute atomic E-state index is 0.360. The molecule has 0 radical (unpaired) electrons. The first kappa shape index (κ1) is 12.3. The molecule has 0 aromatic carbocycles. The van der Waals surface area contributed by atoms with Gasteiger partial charge in [0.2, 0.25) is 0 Å². The number of hydrogen-bond donors (Lipinski definition) is 1. The van der Waals surface area contributed by atoms with Gasteiger partial charge < -0.3 is 5.11 Å². The Morgan fingerprint density at radius 1 is 1.47 bits per heavy atom. The zero-order valence-corrected chi connectivity index (χ0v) is 9.67. The van der Waals surface area contributed by atoms with Crippen LogP contribution >= 0.6 is 0 Å². The van der Waals surface area contributed by atoms with Gasteiger partial charge in [-0.25, -0.2) is 4.79 Å². The summed E-state index contributed by atoms with van der Waals surface area (Å²) in [6, 6.07) is 0. The van der Waals surface area contributed by atoms with Crippen LogP contribution in [0.1, 0.15) is 51.9 Å². The van der Waals surface area contributed by atoms with E-state index in [9.17, 15) is 4.79 Å². The third-order valence-electron chi connectivity index (χ3n) is 3.44. The van der Waals surface area contributed by atoms with Gasteiger partial charge >= 0.3 is 5.97 Å². The molecule has 15 heavy (non-hydrogen) atoms. The lowest BCUT2D eigenvalue weighted by molar-refractivity contribution is -0.132. The lowest BCUT2D eigenvalue weighted by Gasteiger charge is -2.26. The summed E-state index contributed by atoms with van der Waals surface area (Å²) in [6.45, 7) is 5.87. The summed E-state index contributed by atoms with van der Waals surface area (Å²) in [5.74, 6) is 0.855. The smallest absolute Gasteiger partial charge is 0.330 e. The minimum atomic E-state index is -0.841. The number of hydrogen-bond acceptors (Lipinski definition) is 1. The van der Waals surface area contributed by atoms with Crippen molar-refractivity contribution < 1.29 is 9.90 Å². The fourth-order valence-electron chi connectivity index (χ4n) is 2.53. The van der Waals surface area contributed by atoms with Crippen LogP contribution in [-0.2, 0) is 4.79 Å². The molecule has 0 aromatic rings. The lowest BCUT2D eigenvalue weighted by Crippen LogP contribution is -2.13.